The summed E-state index contributed by atoms with van der Waals surface area (Å²) >= 11 is 1.78. The van der Waals surface area contributed by atoms with Crippen molar-refractivity contribution in [1.29, 1.82) is 0 Å². The maximum absolute atomic E-state index is 14.7. The number of carbonyl (C=O) groups is 1. The van der Waals surface area contributed by atoms with Crippen molar-refractivity contribution in [3.05, 3.63) is 99.8 Å². The van der Waals surface area contributed by atoms with Gasteiger partial charge in [-0.05, 0) is 90.8 Å². The lowest BCUT2D eigenvalue weighted by Crippen LogP contribution is -2.34. The molecule has 4 aromatic rings. The van der Waals surface area contributed by atoms with E-state index in [-0.39, 0.29) is 18.4 Å². The van der Waals surface area contributed by atoms with Crippen molar-refractivity contribution >= 4 is 33.1 Å². The zero-order chi connectivity index (χ0) is 25.6. The first-order valence-electron chi connectivity index (χ1n) is 12.7. The third-order valence-corrected chi connectivity index (χ3v) is 8.75. The van der Waals surface area contributed by atoms with E-state index in [9.17, 15) is 9.18 Å². The Hall–Kier alpha value is -3.51. The van der Waals surface area contributed by atoms with Gasteiger partial charge in [0.25, 0.3) is 0 Å². The van der Waals surface area contributed by atoms with E-state index in [1.165, 1.54) is 28.6 Å². The number of carbonyl (C=O) groups excluding carboxylic acids is 1. The number of hydrogen-bond acceptors (Lipinski definition) is 5. The fraction of sp³-hybridized carbons (Fsp3) is 0.290. The molecule has 0 N–H and O–H groups in total. The van der Waals surface area contributed by atoms with E-state index < -0.39 is 5.41 Å². The maximum atomic E-state index is 14.7. The number of rotatable bonds is 7. The van der Waals surface area contributed by atoms with Gasteiger partial charge in [0, 0.05) is 5.92 Å². The lowest BCUT2D eigenvalue weighted by Gasteiger charge is -2.27. The first-order valence-corrected chi connectivity index (χ1v) is 13.5. The average molecular weight is 514 g/mol. The molecule has 6 heteroatoms. The number of allylic oxidation sites excluding steroid dienone is 1. The van der Waals surface area contributed by atoms with Crippen LogP contribution in [0.25, 0.3) is 15.8 Å². The molecule has 1 saturated carbocycles. The van der Waals surface area contributed by atoms with Crippen LogP contribution in [0.1, 0.15) is 58.9 Å². The fourth-order valence-electron chi connectivity index (χ4n) is 5.22. The van der Waals surface area contributed by atoms with E-state index in [1.54, 1.807) is 31.4 Å². The van der Waals surface area contributed by atoms with Crippen LogP contribution in [-0.2, 0) is 21.6 Å². The number of benzene rings is 3. The van der Waals surface area contributed by atoms with Gasteiger partial charge in [-0.3, -0.25) is 4.79 Å². The van der Waals surface area contributed by atoms with Gasteiger partial charge in [-0.15, -0.1) is 11.3 Å². The van der Waals surface area contributed by atoms with Crippen LogP contribution in [0.15, 0.2) is 66.7 Å². The Labute approximate surface area is 219 Å². The molecular weight excluding hydrogens is 485 g/mol. The smallest absolute Gasteiger partial charge is 0.320 e. The van der Waals surface area contributed by atoms with Crippen LogP contribution in [0.4, 0.5) is 4.39 Å². The summed E-state index contributed by atoms with van der Waals surface area (Å²) in [7, 11) is 1.61. The summed E-state index contributed by atoms with van der Waals surface area (Å²) in [6.07, 6.45) is 5.67. The van der Waals surface area contributed by atoms with Crippen molar-refractivity contribution in [1.82, 2.24) is 4.98 Å². The molecule has 1 atom stereocenters. The molecule has 0 bridgehead atoms. The predicted molar refractivity (Wildman–Crippen MR) is 144 cm³/mol. The van der Waals surface area contributed by atoms with Gasteiger partial charge in [0.2, 0.25) is 0 Å². The number of methoxy groups -OCH3 is 1. The third-order valence-electron chi connectivity index (χ3n) is 7.55. The summed E-state index contributed by atoms with van der Waals surface area (Å²) in [4.78, 5) is 18.7. The lowest BCUT2D eigenvalue weighted by molar-refractivity contribution is -0.150. The molecule has 0 aliphatic heterocycles. The van der Waals surface area contributed by atoms with E-state index in [4.69, 9.17) is 14.5 Å². The molecule has 0 amide bonds. The molecule has 37 heavy (non-hydrogen) atoms. The van der Waals surface area contributed by atoms with Crippen LogP contribution in [0, 0.1) is 12.7 Å². The molecule has 0 radical (unpaired) electrons. The van der Waals surface area contributed by atoms with E-state index in [2.05, 4.69) is 18.2 Å². The molecule has 2 aliphatic rings. The number of esters is 1. The number of nitrogens with zero attached hydrogens (tertiary/aromatic N) is 1. The van der Waals surface area contributed by atoms with E-state index in [1.807, 2.05) is 36.4 Å². The van der Waals surface area contributed by atoms with Gasteiger partial charge in [0.1, 0.15) is 23.6 Å². The molecule has 188 valence electrons. The zero-order valence-corrected chi connectivity index (χ0v) is 21.7. The highest BCUT2D eigenvalue weighted by molar-refractivity contribution is 7.18. The quantitative estimate of drug-likeness (QED) is 0.240. The standard InChI is InChI=1S/C31H28FNO3S/c1-19-25(4-3-5-26(19)32)31(30(34)36-18-20-6-11-24(35-2)12-7-20)15-14-23(17-31)22-10-13-28-27(16-22)33-29(37-28)21-8-9-21/h3-7,10-13,16-17,21H,8-9,14-15,18H2,1-2H3/t31-/m0/s1. The van der Waals surface area contributed by atoms with Crippen LogP contribution in [0.2, 0.25) is 0 Å². The van der Waals surface area contributed by atoms with E-state index >= 15 is 0 Å². The van der Waals surface area contributed by atoms with Crippen molar-refractivity contribution < 1.29 is 18.7 Å². The first-order chi connectivity index (χ1) is 18.0. The van der Waals surface area contributed by atoms with Gasteiger partial charge < -0.3 is 9.47 Å². The summed E-state index contributed by atoms with van der Waals surface area (Å²) in [6.45, 7) is 1.87. The van der Waals surface area contributed by atoms with Crippen LogP contribution in [-0.4, -0.2) is 18.1 Å². The Bertz CT molecular complexity index is 1520. The van der Waals surface area contributed by atoms with Crippen molar-refractivity contribution in [3.63, 3.8) is 0 Å². The molecule has 3 aromatic carbocycles. The maximum Gasteiger partial charge on any atom is 0.320 e. The lowest BCUT2D eigenvalue weighted by atomic mass is 9.77. The van der Waals surface area contributed by atoms with Gasteiger partial charge in [-0.2, -0.15) is 0 Å². The van der Waals surface area contributed by atoms with Crippen LogP contribution in [0.5, 0.6) is 5.75 Å². The minimum Gasteiger partial charge on any atom is -0.497 e. The van der Waals surface area contributed by atoms with Gasteiger partial charge in [0.05, 0.1) is 22.3 Å². The van der Waals surface area contributed by atoms with Crippen LogP contribution >= 0.6 is 11.3 Å². The molecular formula is C31H28FNO3S. The summed E-state index contributed by atoms with van der Waals surface area (Å²) in [5.41, 5.74) is 4.07. The van der Waals surface area contributed by atoms with Crippen LogP contribution in [0.3, 0.4) is 0 Å². The number of aromatic nitrogens is 1. The van der Waals surface area contributed by atoms with Crippen molar-refractivity contribution in [2.24, 2.45) is 0 Å². The summed E-state index contributed by atoms with van der Waals surface area (Å²) in [5, 5.41) is 1.22. The normalized spacial score (nSPS) is 19.2. The van der Waals surface area contributed by atoms with Crippen molar-refractivity contribution in [2.75, 3.05) is 7.11 Å². The van der Waals surface area contributed by atoms with Gasteiger partial charge in [0.15, 0.2) is 0 Å². The molecule has 0 unspecified atom stereocenters. The fourth-order valence-corrected chi connectivity index (χ4v) is 6.34. The Morgan fingerprint density at radius 3 is 2.70 bits per heavy atom. The van der Waals surface area contributed by atoms with Crippen LogP contribution < -0.4 is 4.74 Å². The number of halogens is 1. The van der Waals surface area contributed by atoms with Gasteiger partial charge in [-0.25, -0.2) is 9.37 Å². The molecule has 4 nitrogen and oxygen atoms in total. The largest absolute Gasteiger partial charge is 0.497 e. The SMILES string of the molecule is COc1ccc(COC(=O)[C@]2(c3cccc(F)c3C)C=C(c3ccc4sc(C5CC5)nc4c3)CC2)cc1. The highest BCUT2D eigenvalue weighted by atomic mass is 32.1. The Morgan fingerprint density at radius 1 is 1.14 bits per heavy atom. The number of thiazole rings is 1. The zero-order valence-electron chi connectivity index (χ0n) is 20.9. The predicted octanol–water partition coefficient (Wildman–Crippen LogP) is 7.49. The minimum absolute atomic E-state index is 0.136. The van der Waals surface area contributed by atoms with Gasteiger partial charge in [-0.1, -0.05) is 36.4 Å². The summed E-state index contributed by atoms with van der Waals surface area (Å²) in [5.74, 6) is 0.679. The third kappa shape index (κ3) is 4.44. The first kappa shape index (κ1) is 23.9. The second kappa shape index (κ2) is 9.42. The molecule has 0 saturated heterocycles. The molecule has 2 aliphatic carbocycles. The Kier molecular flexibility index (Phi) is 6.07. The summed E-state index contributed by atoms with van der Waals surface area (Å²) in [6, 6.07) is 18.7. The highest BCUT2D eigenvalue weighted by Gasteiger charge is 2.45. The van der Waals surface area contributed by atoms with E-state index in [0.29, 0.717) is 29.9 Å². The number of ether oxygens (including phenoxy) is 2. The summed E-state index contributed by atoms with van der Waals surface area (Å²) < 4.78 is 26.9. The second-order valence-electron chi connectivity index (χ2n) is 9.99. The molecule has 6 rings (SSSR count). The van der Waals surface area contributed by atoms with Gasteiger partial charge >= 0.3 is 5.97 Å². The van der Waals surface area contributed by atoms with Crippen molar-refractivity contribution in [2.45, 2.75) is 50.5 Å². The number of fused-ring (bicyclic) bond motifs is 1. The molecule has 1 aromatic heterocycles. The van der Waals surface area contributed by atoms with Crippen molar-refractivity contribution in [3.8, 4) is 5.75 Å². The monoisotopic (exact) mass is 513 g/mol. The van der Waals surface area contributed by atoms with E-state index in [0.717, 1.165) is 28.0 Å². The molecule has 1 fully saturated rings. The minimum atomic E-state index is -1.05. The highest BCUT2D eigenvalue weighted by Crippen LogP contribution is 2.47. The Balaban J connectivity index is 1.35. The Morgan fingerprint density at radius 2 is 1.95 bits per heavy atom. The second-order valence-corrected chi connectivity index (χ2v) is 11.0. The number of hydrogen-bond donors (Lipinski definition) is 0. The molecule has 1 heterocycles. The molecule has 0 spiro atoms. The average Bonchev–Trinajstić information content (AvgIpc) is 3.53. The topological polar surface area (TPSA) is 48.4 Å².